The number of nitrogens with zero attached hydrogens (tertiary/aromatic N) is 2. The summed E-state index contributed by atoms with van der Waals surface area (Å²) in [6, 6.07) is 9.46. The van der Waals surface area contributed by atoms with Gasteiger partial charge in [-0.15, -0.1) is 0 Å². The molecule has 0 aliphatic carbocycles. The number of para-hydroxylation sites is 1. The van der Waals surface area contributed by atoms with Gasteiger partial charge < -0.3 is 0 Å². The van der Waals surface area contributed by atoms with Gasteiger partial charge in [-0.25, -0.2) is 22.2 Å². The van der Waals surface area contributed by atoms with Gasteiger partial charge in [0, 0.05) is 18.1 Å². The number of sulfone groups is 1. The standard InChI is InChI=1S/C17H14F2N2O3S2/c1-26(23,24)9-8-25-17-20-14-5-3-2-4-12(14)16(22)21(17)15-7-6-11(18)10-13(15)19/h2-7,10H,8-9H2,1H3. The smallest absolute Gasteiger partial charge is 0.266 e. The highest BCUT2D eigenvalue weighted by Gasteiger charge is 2.17. The summed E-state index contributed by atoms with van der Waals surface area (Å²) < 4.78 is 51.2. The molecule has 3 aromatic rings. The predicted octanol–water partition coefficient (Wildman–Crippen LogP) is 2.80. The summed E-state index contributed by atoms with van der Waals surface area (Å²) in [5.41, 5.74) is -0.238. The van der Waals surface area contributed by atoms with Gasteiger partial charge in [0.15, 0.2) is 5.16 Å². The molecule has 0 aliphatic rings. The van der Waals surface area contributed by atoms with Crippen LogP contribution in [0.3, 0.4) is 0 Å². The molecule has 0 radical (unpaired) electrons. The molecule has 26 heavy (non-hydrogen) atoms. The third kappa shape index (κ3) is 3.94. The Balaban J connectivity index is 2.19. The first-order chi connectivity index (χ1) is 12.3. The van der Waals surface area contributed by atoms with Gasteiger partial charge in [0.1, 0.15) is 21.5 Å². The van der Waals surface area contributed by atoms with E-state index in [-0.39, 0.29) is 27.7 Å². The Morgan fingerprint density at radius 3 is 2.58 bits per heavy atom. The van der Waals surface area contributed by atoms with Crippen molar-refractivity contribution in [1.29, 1.82) is 0 Å². The molecule has 5 nitrogen and oxygen atoms in total. The number of thioether (sulfide) groups is 1. The Hall–Kier alpha value is -2.26. The van der Waals surface area contributed by atoms with Gasteiger partial charge in [0.25, 0.3) is 5.56 Å². The van der Waals surface area contributed by atoms with Gasteiger partial charge >= 0.3 is 0 Å². The maximum Gasteiger partial charge on any atom is 0.266 e. The first-order valence-electron chi connectivity index (χ1n) is 7.54. The van der Waals surface area contributed by atoms with Crippen LogP contribution in [0.15, 0.2) is 52.4 Å². The molecule has 0 atom stereocenters. The lowest BCUT2D eigenvalue weighted by molar-refractivity contribution is 0.572. The molecule has 1 heterocycles. The van der Waals surface area contributed by atoms with Crippen LogP contribution in [0.5, 0.6) is 0 Å². The van der Waals surface area contributed by atoms with E-state index in [2.05, 4.69) is 4.98 Å². The summed E-state index contributed by atoms with van der Waals surface area (Å²) in [6.07, 6.45) is 1.11. The molecule has 2 aromatic carbocycles. The summed E-state index contributed by atoms with van der Waals surface area (Å²) >= 11 is 1.02. The molecule has 0 N–H and O–H groups in total. The zero-order valence-electron chi connectivity index (χ0n) is 13.6. The zero-order chi connectivity index (χ0) is 18.9. The molecule has 0 unspecified atom stereocenters. The van der Waals surface area contributed by atoms with E-state index in [1.165, 1.54) is 0 Å². The number of hydrogen-bond acceptors (Lipinski definition) is 5. The average molecular weight is 396 g/mol. The fourth-order valence-electron chi connectivity index (χ4n) is 2.37. The SMILES string of the molecule is CS(=O)(=O)CCSc1nc2ccccc2c(=O)n1-c1ccc(F)cc1F. The van der Waals surface area contributed by atoms with Crippen LogP contribution >= 0.6 is 11.8 Å². The van der Waals surface area contributed by atoms with Crippen LogP contribution in [0.2, 0.25) is 0 Å². The van der Waals surface area contributed by atoms with E-state index in [0.717, 1.165) is 34.7 Å². The van der Waals surface area contributed by atoms with Gasteiger partial charge in [-0.1, -0.05) is 23.9 Å². The maximum absolute atomic E-state index is 14.3. The fourth-order valence-corrected chi connectivity index (χ4v) is 4.57. The number of rotatable bonds is 5. The highest BCUT2D eigenvalue weighted by Crippen LogP contribution is 2.23. The number of hydrogen-bond donors (Lipinski definition) is 0. The Morgan fingerprint density at radius 1 is 1.15 bits per heavy atom. The van der Waals surface area contributed by atoms with E-state index in [0.29, 0.717) is 11.6 Å². The second-order valence-electron chi connectivity index (χ2n) is 5.63. The summed E-state index contributed by atoms with van der Waals surface area (Å²) in [5, 5.41) is 0.423. The topological polar surface area (TPSA) is 69.0 Å². The molecule has 0 amide bonds. The first-order valence-corrected chi connectivity index (χ1v) is 10.6. The Kier molecular flexibility index (Phi) is 5.10. The van der Waals surface area contributed by atoms with Gasteiger partial charge in [-0.2, -0.15) is 0 Å². The molecule has 0 fully saturated rings. The van der Waals surface area contributed by atoms with Gasteiger partial charge in [-0.05, 0) is 24.3 Å². The van der Waals surface area contributed by atoms with E-state index in [1.807, 2.05) is 0 Å². The quantitative estimate of drug-likeness (QED) is 0.490. The van der Waals surface area contributed by atoms with Crippen molar-refractivity contribution in [2.75, 3.05) is 17.8 Å². The van der Waals surface area contributed by atoms with Gasteiger partial charge in [0.2, 0.25) is 0 Å². The molecular formula is C17H14F2N2O3S2. The third-order valence-corrected chi connectivity index (χ3v) is 5.73. The number of halogens is 2. The molecule has 0 saturated heterocycles. The molecule has 0 bridgehead atoms. The summed E-state index contributed by atoms with van der Waals surface area (Å²) in [5.74, 6) is -1.65. The Morgan fingerprint density at radius 2 is 1.88 bits per heavy atom. The summed E-state index contributed by atoms with van der Waals surface area (Å²) in [7, 11) is -3.20. The monoisotopic (exact) mass is 396 g/mol. The largest absolute Gasteiger partial charge is 0.268 e. The molecule has 0 saturated carbocycles. The van der Waals surface area contributed by atoms with E-state index >= 15 is 0 Å². The van der Waals surface area contributed by atoms with Crippen molar-refractivity contribution < 1.29 is 17.2 Å². The van der Waals surface area contributed by atoms with Crippen LogP contribution in [0.4, 0.5) is 8.78 Å². The van der Waals surface area contributed by atoms with Crippen LogP contribution in [0, 0.1) is 11.6 Å². The van der Waals surface area contributed by atoms with Crippen LogP contribution < -0.4 is 5.56 Å². The van der Waals surface area contributed by atoms with Crippen molar-refractivity contribution in [2.24, 2.45) is 0 Å². The van der Waals surface area contributed by atoms with Crippen LogP contribution in [-0.4, -0.2) is 35.7 Å². The highest BCUT2D eigenvalue weighted by atomic mass is 32.2. The van der Waals surface area contributed by atoms with Crippen molar-refractivity contribution >= 4 is 32.5 Å². The number of benzene rings is 2. The first kappa shape index (κ1) is 18.5. The molecule has 9 heteroatoms. The Bertz CT molecular complexity index is 1140. The van der Waals surface area contributed by atoms with E-state index in [1.54, 1.807) is 24.3 Å². The molecule has 0 aliphatic heterocycles. The number of fused-ring (bicyclic) bond motifs is 1. The second-order valence-corrected chi connectivity index (χ2v) is 8.95. The lowest BCUT2D eigenvalue weighted by atomic mass is 10.2. The van der Waals surface area contributed by atoms with Crippen molar-refractivity contribution in [3.8, 4) is 5.69 Å². The Labute approximate surface area is 152 Å². The second kappa shape index (κ2) is 7.16. The molecule has 1 aromatic heterocycles. The van der Waals surface area contributed by atoms with Crippen LogP contribution in [-0.2, 0) is 9.84 Å². The molecule has 0 spiro atoms. The van der Waals surface area contributed by atoms with Crippen molar-refractivity contribution in [2.45, 2.75) is 5.16 Å². The molecule has 3 rings (SSSR count). The molecule has 136 valence electrons. The van der Waals surface area contributed by atoms with Gasteiger partial charge in [-0.3, -0.25) is 9.36 Å². The summed E-state index contributed by atoms with van der Waals surface area (Å²) in [6.45, 7) is 0. The minimum Gasteiger partial charge on any atom is -0.268 e. The van der Waals surface area contributed by atoms with Crippen molar-refractivity contribution in [1.82, 2.24) is 9.55 Å². The van der Waals surface area contributed by atoms with Crippen molar-refractivity contribution in [3.05, 3.63) is 64.5 Å². The minimum absolute atomic E-state index is 0.119. The van der Waals surface area contributed by atoms with Crippen molar-refractivity contribution in [3.63, 3.8) is 0 Å². The lowest BCUT2D eigenvalue weighted by Crippen LogP contribution is -2.23. The fraction of sp³-hybridized carbons (Fsp3) is 0.176. The average Bonchev–Trinajstić information content (AvgIpc) is 2.55. The molecular weight excluding hydrogens is 382 g/mol. The lowest BCUT2D eigenvalue weighted by Gasteiger charge is -2.13. The van der Waals surface area contributed by atoms with E-state index < -0.39 is 27.0 Å². The maximum atomic E-state index is 14.3. The van der Waals surface area contributed by atoms with Gasteiger partial charge in [0.05, 0.1) is 22.3 Å². The van der Waals surface area contributed by atoms with Crippen LogP contribution in [0.25, 0.3) is 16.6 Å². The normalized spacial score (nSPS) is 11.8. The van der Waals surface area contributed by atoms with E-state index in [4.69, 9.17) is 0 Å². The predicted molar refractivity (Wildman–Crippen MR) is 97.7 cm³/mol. The third-order valence-electron chi connectivity index (χ3n) is 3.58. The summed E-state index contributed by atoms with van der Waals surface area (Å²) in [4.78, 5) is 17.2. The minimum atomic E-state index is -3.20. The van der Waals surface area contributed by atoms with Crippen LogP contribution in [0.1, 0.15) is 0 Å². The zero-order valence-corrected chi connectivity index (χ0v) is 15.3. The highest BCUT2D eigenvalue weighted by molar-refractivity contribution is 8.00. The number of aromatic nitrogens is 2. The van der Waals surface area contributed by atoms with E-state index in [9.17, 15) is 22.0 Å².